The Morgan fingerprint density at radius 1 is 1.65 bits per heavy atom. The number of nitrogens with zero attached hydrogens (tertiary/aromatic N) is 1. The van der Waals surface area contributed by atoms with Gasteiger partial charge in [0.2, 0.25) is 0 Å². The molecule has 1 aromatic heterocycles. The fraction of sp³-hybridized carbons (Fsp3) is 0.583. The van der Waals surface area contributed by atoms with Crippen LogP contribution in [0.15, 0.2) is 16.7 Å². The van der Waals surface area contributed by atoms with Crippen molar-refractivity contribution in [3.63, 3.8) is 0 Å². The van der Waals surface area contributed by atoms with Crippen molar-refractivity contribution in [1.82, 2.24) is 4.90 Å². The highest BCUT2D eigenvalue weighted by atomic mass is 16.4. The minimum atomic E-state index is -0.970. The number of carboxylic acid groups (broad SMARTS) is 1. The van der Waals surface area contributed by atoms with Gasteiger partial charge in [0, 0.05) is 13.1 Å². The third-order valence-electron chi connectivity index (χ3n) is 3.22. The van der Waals surface area contributed by atoms with Crippen LogP contribution in [0.1, 0.15) is 29.5 Å². The second-order valence-electron chi connectivity index (χ2n) is 4.68. The molecule has 0 aliphatic carbocycles. The molecule has 5 nitrogen and oxygen atoms in total. The van der Waals surface area contributed by atoms with Crippen molar-refractivity contribution in [1.29, 1.82) is 0 Å². The van der Waals surface area contributed by atoms with E-state index in [0.29, 0.717) is 12.3 Å². The van der Waals surface area contributed by atoms with Crippen LogP contribution in [0.3, 0.4) is 0 Å². The van der Waals surface area contributed by atoms with Crippen molar-refractivity contribution in [2.75, 3.05) is 13.1 Å². The summed E-state index contributed by atoms with van der Waals surface area (Å²) in [5.41, 5.74) is 0.185. The van der Waals surface area contributed by atoms with Crippen LogP contribution in [0.2, 0.25) is 0 Å². The van der Waals surface area contributed by atoms with Gasteiger partial charge in [-0.15, -0.1) is 0 Å². The van der Waals surface area contributed by atoms with Gasteiger partial charge in [-0.05, 0) is 18.4 Å². The standard InChI is InChI=1S/C12H17NO4/c1-8-5-13(3-2-11(8)14)6-10-4-9(7-17-10)12(15)16/h4,7-8,11,14H,2-3,5-6H2,1H3,(H,15,16). The van der Waals surface area contributed by atoms with E-state index >= 15 is 0 Å². The van der Waals surface area contributed by atoms with E-state index in [-0.39, 0.29) is 17.6 Å². The van der Waals surface area contributed by atoms with Gasteiger partial charge in [-0.1, -0.05) is 6.92 Å². The van der Waals surface area contributed by atoms with Crippen molar-refractivity contribution in [2.45, 2.75) is 26.0 Å². The molecule has 2 rings (SSSR count). The minimum Gasteiger partial charge on any atom is -0.478 e. The first kappa shape index (κ1) is 12.1. The number of carbonyl (C=O) groups is 1. The van der Waals surface area contributed by atoms with Crippen molar-refractivity contribution in [2.24, 2.45) is 5.92 Å². The number of aliphatic hydroxyl groups is 1. The third-order valence-corrected chi connectivity index (χ3v) is 3.22. The highest BCUT2D eigenvalue weighted by molar-refractivity contribution is 5.87. The van der Waals surface area contributed by atoms with E-state index in [0.717, 1.165) is 19.5 Å². The second-order valence-corrected chi connectivity index (χ2v) is 4.68. The van der Waals surface area contributed by atoms with Gasteiger partial charge in [0.25, 0.3) is 0 Å². The number of aliphatic hydroxyl groups excluding tert-OH is 1. The van der Waals surface area contributed by atoms with Gasteiger partial charge in [0.1, 0.15) is 12.0 Å². The average molecular weight is 239 g/mol. The van der Waals surface area contributed by atoms with Gasteiger partial charge >= 0.3 is 5.97 Å². The fourth-order valence-electron chi connectivity index (χ4n) is 2.16. The zero-order valence-corrected chi connectivity index (χ0v) is 9.80. The molecule has 94 valence electrons. The smallest absolute Gasteiger partial charge is 0.338 e. The van der Waals surface area contributed by atoms with E-state index in [1.807, 2.05) is 6.92 Å². The average Bonchev–Trinajstić information content (AvgIpc) is 2.72. The maximum absolute atomic E-state index is 10.7. The summed E-state index contributed by atoms with van der Waals surface area (Å²) in [7, 11) is 0. The first-order chi connectivity index (χ1) is 8.06. The lowest BCUT2D eigenvalue weighted by Crippen LogP contribution is -2.41. The highest BCUT2D eigenvalue weighted by Crippen LogP contribution is 2.19. The van der Waals surface area contributed by atoms with E-state index < -0.39 is 5.97 Å². The normalized spacial score (nSPS) is 26.0. The molecule has 0 spiro atoms. The third kappa shape index (κ3) is 2.87. The van der Waals surface area contributed by atoms with Crippen LogP contribution in [0.25, 0.3) is 0 Å². The van der Waals surface area contributed by atoms with Gasteiger partial charge in [-0.2, -0.15) is 0 Å². The summed E-state index contributed by atoms with van der Waals surface area (Å²) in [6, 6.07) is 1.55. The van der Waals surface area contributed by atoms with Gasteiger partial charge in [0.05, 0.1) is 18.2 Å². The zero-order valence-electron chi connectivity index (χ0n) is 9.80. The molecule has 2 N–H and O–H groups in total. The Labute approximate surface area is 99.6 Å². The molecule has 0 amide bonds. The molecule has 1 saturated heterocycles. The molecule has 0 radical (unpaired) electrons. The predicted molar refractivity (Wildman–Crippen MR) is 60.7 cm³/mol. The highest BCUT2D eigenvalue weighted by Gasteiger charge is 2.24. The molecule has 1 aliphatic rings. The number of rotatable bonds is 3. The Bertz CT molecular complexity index is 401. The van der Waals surface area contributed by atoms with Gasteiger partial charge in [-0.3, -0.25) is 4.90 Å². The molecule has 2 unspecified atom stereocenters. The molecule has 2 atom stereocenters. The summed E-state index contributed by atoms with van der Waals surface area (Å²) < 4.78 is 5.21. The molecule has 0 saturated carbocycles. The Morgan fingerprint density at radius 3 is 3.00 bits per heavy atom. The molecule has 0 aromatic carbocycles. The monoisotopic (exact) mass is 239 g/mol. The van der Waals surface area contributed by atoms with Crippen LogP contribution in [0, 0.1) is 5.92 Å². The summed E-state index contributed by atoms with van der Waals surface area (Å²) in [6.07, 6.45) is 1.80. The zero-order chi connectivity index (χ0) is 12.4. The Hall–Kier alpha value is -1.33. The molecule has 17 heavy (non-hydrogen) atoms. The molecular formula is C12H17NO4. The summed E-state index contributed by atoms with van der Waals surface area (Å²) in [5.74, 6) is -0.0638. The van der Waals surface area contributed by atoms with Crippen LogP contribution >= 0.6 is 0 Å². The van der Waals surface area contributed by atoms with Gasteiger partial charge < -0.3 is 14.6 Å². The molecule has 1 aliphatic heterocycles. The summed E-state index contributed by atoms with van der Waals surface area (Å²) in [6.45, 7) is 4.24. The molecule has 1 aromatic rings. The lowest BCUT2D eigenvalue weighted by atomic mass is 9.97. The van der Waals surface area contributed by atoms with Crippen molar-refractivity contribution >= 4 is 5.97 Å². The summed E-state index contributed by atoms with van der Waals surface area (Å²) in [4.78, 5) is 12.9. The number of hydrogen-bond acceptors (Lipinski definition) is 4. The number of likely N-dealkylation sites (tertiary alicyclic amines) is 1. The van der Waals surface area contributed by atoms with Gasteiger partial charge in [-0.25, -0.2) is 4.79 Å². The lowest BCUT2D eigenvalue weighted by Gasteiger charge is -2.33. The van der Waals surface area contributed by atoms with Crippen LogP contribution in [0.5, 0.6) is 0 Å². The van der Waals surface area contributed by atoms with Crippen molar-refractivity contribution in [3.8, 4) is 0 Å². The molecule has 5 heteroatoms. The Morgan fingerprint density at radius 2 is 2.41 bits per heavy atom. The Balaban J connectivity index is 1.94. The number of carboxylic acids is 1. The van der Waals surface area contributed by atoms with E-state index in [4.69, 9.17) is 9.52 Å². The van der Waals surface area contributed by atoms with E-state index in [1.54, 1.807) is 6.07 Å². The number of piperidine rings is 1. The van der Waals surface area contributed by atoms with E-state index in [2.05, 4.69) is 4.90 Å². The van der Waals surface area contributed by atoms with Gasteiger partial charge in [0.15, 0.2) is 0 Å². The lowest BCUT2D eigenvalue weighted by molar-refractivity contribution is 0.0296. The fourth-order valence-corrected chi connectivity index (χ4v) is 2.16. The van der Waals surface area contributed by atoms with Crippen molar-refractivity contribution in [3.05, 3.63) is 23.7 Å². The molecule has 0 bridgehead atoms. The Kier molecular flexibility index (Phi) is 3.49. The van der Waals surface area contributed by atoms with Crippen LogP contribution in [-0.4, -0.2) is 40.3 Å². The predicted octanol–water partition coefficient (Wildman–Crippen LogP) is 1.18. The van der Waals surface area contributed by atoms with E-state index in [1.165, 1.54) is 6.26 Å². The van der Waals surface area contributed by atoms with Crippen LogP contribution in [0.4, 0.5) is 0 Å². The SMILES string of the molecule is CC1CN(Cc2cc(C(=O)O)co2)CCC1O. The quantitative estimate of drug-likeness (QED) is 0.828. The van der Waals surface area contributed by atoms with Crippen LogP contribution in [-0.2, 0) is 6.54 Å². The summed E-state index contributed by atoms with van der Waals surface area (Å²) in [5, 5.41) is 18.4. The first-order valence-corrected chi connectivity index (χ1v) is 5.77. The topological polar surface area (TPSA) is 73.9 Å². The number of hydrogen-bond donors (Lipinski definition) is 2. The largest absolute Gasteiger partial charge is 0.478 e. The maximum atomic E-state index is 10.7. The van der Waals surface area contributed by atoms with Crippen molar-refractivity contribution < 1.29 is 19.4 Å². The number of aromatic carboxylic acids is 1. The number of furan rings is 1. The second kappa shape index (κ2) is 4.89. The maximum Gasteiger partial charge on any atom is 0.338 e. The molecule has 1 fully saturated rings. The molecule has 2 heterocycles. The first-order valence-electron chi connectivity index (χ1n) is 5.77. The van der Waals surface area contributed by atoms with Crippen LogP contribution < -0.4 is 0 Å². The molecular weight excluding hydrogens is 222 g/mol. The summed E-state index contributed by atoms with van der Waals surface area (Å²) >= 11 is 0. The minimum absolute atomic E-state index is 0.185. The van der Waals surface area contributed by atoms with E-state index in [9.17, 15) is 9.90 Å².